The molecule has 0 spiro atoms. The van der Waals surface area contributed by atoms with Crippen molar-refractivity contribution in [3.63, 3.8) is 0 Å². The molecule has 1 aromatic carbocycles. The number of hydrogen-bond donors (Lipinski definition) is 3. The highest BCUT2D eigenvalue weighted by Gasteiger charge is 2.35. The van der Waals surface area contributed by atoms with E-state index in [0.717, 1.165) is 27.4 Å². The van der Waals surface area contributed by atoms with Crippen molar-refractivity contribution >= 4 is 21.8 Å². The first-order valence-corrected chi connectivity index (χ1v) is 10.4. The fourth-order valence-corrected chi connectivity index (χ4v) is 4.17. The molecule has 0 unspecified atom stereocenters. The summed E-state index contributed by atoms with van der Waals surface area (Å²) in [5.41, 5.74) is 2.00. The summed E-state index contributed by atoms with van der Waals surface area (Å²) in [6.07, 6.45) is 3.74. The third-order valence-electron chi connectivity index (χ3n) is 5.90. The summed E-state index contributed by atoms with van der Waals surface area (Å²) in [7, 11) is 0. The maximum atomic E-state index is 12.3. The number of nitrogens with one attached hydrogen (secondary N) is 1. The lowest BCUT2D eigenvalue weighted by Gasteiger charge is -2.15. The first-order valence-electron chi connectivity index (χ1n) is 10.4. The number of pyridine rings is 2. The summed E-state index contributed by atoms with van der Waals surface area (Å²) in [6.45, 7) is -0.345. The van der Waals surface area contributed by atoms with E-state index in [9.17, 15) is 19.8 Å². The van der Waals surface area contributed by atoms with Crippen LogP contribution in [0.15, 0.2) is 58.5 Å². The van der Waals surface area contributed by atoms with Crippen LogP contribution in [0.2, 0.25) is 0 Å². The molecule has 32 heavy (non-hydrogen) atoms. The van der Waals surface area contributed by atoms with E-state index < -0.39 is 29.7 Å². The van der Waals surface area contributed by atoms with Gasteiger partial charge in [0.1, 0.15) is 12.3 Å². The Bertz CT molecular complexity index is 1410. The molecule has 0 amide bonds. The molecule has 1 saturated heterocycles. The monoisotopic (exact) mass is 434 g/mol. The molecule has 1 aliphatic rings. The van der Waals surface area contributed by atoms with Gasteiger partial charge in [-0.2, -0.15) is 0 Å². The molecule has 1 fully saturated rings. The van der Waals surface area contributed by atoms with Gasteiger partial charge in [-0.15, -0.1) is 0 Å². The second-order valence-electron chi connectivity index (χ2n) is 7.99. The number of nitrogens with zero attached hydrogens (tertiary/aromatic N) is 3. The highest BCUT2D eigenvalue weighted by atomic mass is 16.5. The Morgan fingerprint density at radius 2 is 1.94 bits per heavy atom. The number of aromatic amines is 1. The van der Waals surface area contributed by atoms with E-state index in [4.69, 9.17) is 4.74 Å². The summed E-state index contributed by atoms with van der Waals surface area (Å²) >= 11 is 0. The van der Waals surface area contributed by atoms with Gasteiger partial charge in [-0.1, -0.05) is 18.2 Å². The maximum absolute atomic E-state index is 12.3. The van der Waals surface area contributed by atoms with Crippen molar-refractivity contribution in [1.82, 2.24) is 19.5 Å². The van der Waals surface area contributed by atoms with Crippen LogP contribution < -0.4 is 11.2 Å². The lowest BCUT2D eigenvalue weighted by molar-refractivity contribution is -0.0460. The molecule has 0 saturated carbocycles. The number of fused-ring (bicyclic) bond motifs is 3. The van der Waals surface area contributed by atoms with Crippen LogP contribution in [0, 0.1) is 0 Å². The third-order valence-corrected chi connectivity index (χ3v) is 5.90. The number of ether oxygens (including phenoxy) is 1. The number of hydrogen-bond acceptors (Lipinski definition) is 7. The average Bonchev–Trinajstić information content (AvgIpc) is 3.18. The number of rotatable bonds is 5. The second kappa shape index (κ2) is 8.27. The Hall–Kier alpha value is -3.40. The normalized spacial score (nSPS) is 20.9. The van der Waals surface area contributed by atoms with E-state index in [-0.39, 0.29) is 13.0 Å². The Kier molecular flexibility index (Phi) is 5.30. The fraction of sp³-hybridized carbons (Fsp3) is 0.304. The SMILES string of the molecule is O=c1[nH]c(=O)n([C@H]2C[C@H](O)[C@@H](CO)O2)cc1CCc1cnc2c(ccc3cccnc32)c1. The molecule has 9 nitrogen and oxygen atoms in total. The average molecular weight is 434 g/mol. The molecule has 3 N–H and O–H groups in total. The summed E-state index contributed by atoms with van der Waals surface area (Å²) < 4.78 is 6.83. The summed E-state index contributed by atoms with van der Waals surface area (Å²) in [6, 6.07) is 9.92. The number of aliphatic hydroxyl groups excluding tert-OH is 2. The van der Waals surface area contributed by atoms with Crippen molar-refractivity contribution in [1.29, 1.82) is 0 Å². The Morgan fingerprint density at radius 3 is 2.75 bits per heavy atom. The van der Waals surface area contributed by atoms with Gasteiger partial charge in [-0.25, -0.2) is 4.79 Å². The number of benzene rings is 1. The largest absolute Gasteiger partial charge is 0.394 e. The minimum Gasteiger partial charge on any atom is -0.394 e. The van der Waals surface area contributed by atoms with E-state index >= 15 is 0 Å². The van der Waals surface area contributed by atoms with Gasteiger partial charge in [0.25, 0.3) is 5.56 Å². The van der Waals surface area contributed by atoms with E-state index in [2.05, 4.69) is 15.0 Å². The fourth-order valence-electron chi connectivity index (χ4n) is 4.17. The smallest absolute Gasteiger partial charge is 0.330 e. The molecule has 1 aliphatic heterocycles. The second-order valence-corrected chi connectivity index (χ2v) is 7.99. The van der Waals surface area contributed by atoms with Gasteiger partial charge < -0.3 is 14.9 Å². The van der Waals surface area contributed by atoms with Crippen LogP contribution in [0.25, 0.3) is 21.8 Å². The van der Waals surface area contributed by atoms with Crippen LogP contribution in [-0.4, -0.2) is 48.5 Å². The molecule has 4 heterocycles. The van der Waals surface area contributed by atoms with E-state index in [1.54, 1.807) is 12.4 Å². The topological polar surface area (TPSA) is 130 Å². The van der Waals surface area contributed by atoms with Crippen molar-refractivity contribution in [2.75, 3.05) is 6.61 Å². The molecule has 0 radical (unpaired) electrons. The van der Waals surface area contributed by atoms with Crippen molar-refractivity contribution in [3.05, 3.63) is 80.9 Å². The molecule has 5 rings (SSSR count). The van der Waals surface area contributed by atoms with Gasteiger partial charge in [-0.3, -0.25) is 24.3 Å². The first-order chi connectivity index (χ1) is 15.5. The van der Waals surface area contributed by atoms with Gasteiger partial charge in [0.2, 0.25) is 0 Å². The van der Waals surface area contributed by atoms with Gasteiger partial charge in [0.15, 0.2) is 0 Å². The van der Waals surface area contributed by atoms with Crippen LogP contribution in [-0.2, 0) is 17.6 Å². The van der Waals surface area contributed by atoms with E-state index in [1.165, 1.54) is 10.8 Å². The predicted octanol–water partition coefficient (Wildman–Crippen LogP) is 1.06. The van der Waals surface area contributed by atoms with Crippen molar-refractivity contribution in [3.8, 4) is 0 Å². The lowest BCUT2D eigenvalue weighted by atomic mass is 10.0. The van der Waals surface area contributed by atoms with Crippen molar-refractivity contribution in [2.45, 2.75) is 37.7 Å². The van der Waals surface area contributed by atoms with E-state index in [0.29, 0.717) is 18.4 Å². The minimum atomic E-state index is -0.874. The Balaban J connectivity index is 1.40. The third kappa shape index (κ3) is 3.70. The standard InChI is InChI=1S/C23H22N4O5/c28-12-18-17(29)9-19(32-18)27-11-16(22(30)26-23(27)31)4-3-13-8-15-6-5-14-2-1-7-24-20(14)21(15)25-10-13/h1-2,5-8,10-11,17-19,28-29H,3-4,9,12H2,(H,26,30,31)/t17-,18+,19+/m0/s1. The van der Waals surface area contributed by atoms with Gasteiger partial charge >= 0.3 is 5.69 Å². The summed E-state index contributed by atoms with van der Waals surface area (Å²) in [5, 5.41) is 21.2. The maximum Gasteiger partial charge on any atom is 0.330 e. The van der Waals surface area contributed by atoms with Gasteiger partial charge in [0.05, 0.1) is 23.7 Å². The van der Waals surface area contributed by atoms with Crippen LogP contribution >= 0.6 is 0 Å². The summed E-state index contributed by atoms with van der Waals surface area (Å²) in [5.74, 6) is 0. The predicted molar refractivity (Wildman–Crippen MR) is 117 cm³/mol. The highest BCUT2D eigenvalue weighted by molar-refractivity contribution is 6.02. The number of aromatic nitrogens is 4. The zero-order valence-electron chi connectivity index (χ0n) is 17.1. The van der Waals surface area contributed by atoms with Gasteiger partial charge in [-0.05, 0) is 30.5 Å². The molecular formula is C23H22N4O5. The zero-order chi connectivity index (χ0) is 22.2. The number of aliphatic hydroxyl groups is 2. The van der Waals surface area contributed by atoms with Crippen LogP contribution in [0.4, 0.5) is 0 Å². The molecular weight excluding hydrogens is 412 g/mol. The molecule has 3 atom stereocenters. The number of aryl methyl sites for hydroxylation is 2. The number of H-pyrrole nitrogens is 1. The van der Waals surface area contributed by atoms with Crippen LogP contribution in [0.5, 0.6) is 0 Å². The molecule has 3 aromatic heterocycles. The van der Waals surface area contributed by atoms with Crippen LogP contribution in [0.1, 0.15) is 23.8 Å². The lowest BCUT2D eigenvalue weighted by Crippen LogP contribution is -2.34. The quantitative estimate of drug-likeness (QED) is 0.400. The van der Waals surface area contributed by atoms with Crippen molar-refractivity contribution < 1.29 is 14.9 Å². The van der Waals surface area contributed by atoms with Crippen molar-refractivity contribution in [2.24, 2.45) is 0 Å². The molecule has 164 valence electrons. The van der Waals surface area contributed by atoms with E-state index in [1.807, 2.05) is 30.3 Å². The Morgan fingerprint density at radius 1 is 1.12 bits per heavy atom. The van der Waals surface area contributed by atoms with Crippen LogP contribution in [0.3, 0.4) is 0 Å². The molecule has 0 bridgehead atoms. The Labute approximate surface area is 182 Å². The zero-order valence-corrected chi connectivity index (χ0v) is 17.1. The first kappa shape index (κ1) is 20.5. The van der Waals surface area contributed by atoms with Gasteiger partial charge in [0, 0.05) is 41.3 Å². The minimum absolute atomic E-state index is 0.160. The molecule has 0 aliphatic carbocycles. The summed E-state index contributed by atoms with van der Waals surface area (Å²) in [4.78, 5) is 36.0. The highest BCUT2D eigenvalue weighted by Crippen LogP contribution is 2.27. The molecule has 4 aromatic rings. The molecule has 9 heteroatoms.